The highest BCUT2D eigenvalue weighted by Gasteiger charge is 2.30. The van der Waals surface area contributed by atoms with Crippen LogP contribution in [0.4, 0.5) is 17.1 Å². The number of anilines is 3. The summed E-state index contributed by atoms with van der Waals surface area (Å²) in [7, 11) is 4.94. The molecule has 2 heterocycles. The summed E-state index contributed by atoms with van der Waals surface area (Å²) in [4.78, 5) is 45.1. The van der Waals surface area contributed by atoms with Crippen LogP contribution in [0.3, 0.4) is 0 Å². The molecular formula is C28H29N5O4. The smallest absolute Gasteiger partial charge is 0.356 e. The van der Waals surface area contributed by atoms with Gasteiger partial charge in [0.1, 0.15) is 5.69 Å². The second kappa shape index (κ2) is 10.9. The van der Waals surface area contributed by atoms with Crippen LogP contribution in [-0.4, -0.2) is 62.0 Å². The molecular weight excluding hydrogens is 470 g/mol. The number of hydrogen-bond donors (Lipinski definition) is 2. The van der Waals surface area contributed by atoms with Crippen molar-refractivity contribution in [1.29, 1.82) is 0 Å². The van der Waals surface area contributed by atoms with Crippen LogP contribution in [0, 0.1) is 0 Å². The standard InChI is InChI=1S/C28H29N5O4/c1-5-32(2)24(34)17-33(3)20-13-11-19(12-14-20)30-26(18-9-7-6-8-10-18)25-21-16-29-23(28(36)37-4)15-22(21)31-27(25)35/h6-16,30H,5,17H2,1-4H3,(H,31,35). The van der Waals surface area contributed by atoms with E-state index in [1.165, 1.54) is 19.4 Å². The molecule has 2 amide bonds. The molecule has 37 heavy (non-hydrogen) atoms. The van der Waals surface area contributed by atoms with Gasteiger partial charge in [-0.2, -0.15) is 0 Å². The molecule has 2 N–H and O–H groups in total. The van der Waals surface area contributed by atoms with Crippen molar-refractivity contribution in [2.24, 2.45) is 0 Å². The van der Waals surface area contributed by atoms with Gasteiger partial charge < -0.3 is 25.2 Å². The number of methoxy groups -OCH3 is 1. The molecule has 2 aromatic carbocycles. The van der Waals surface area contributed by atoms with Gasteiger partial charge in [-0.25, -0.2) is 9.78 Å². The molecule has 4 rings (SSSR count). The number of rotatable bonds is 8. The van der Waals surface area contributed by atoms with E-state index in [0.29, 0.717) is 29.1 Å². The topological polar surface area (TPSA) is 104 Å². The van der Waals surface area contributed by atoms with Gasteiger partial charge in [-0.05, 0) is 42.8 Å². The minimum atomic E-state index is -0.580. The molecule has 0 unspecified atom stereocenters. The Bertz CT molecular complexity index is 1350. The molecule has 0 aliphatic carbocycles. The van der Waals surface area contributed by atoms with E-state index in [2.05, 4.69) is 15.6 Å². The Balaban J connectivity index is 1.67. The van der Waals surface area contributed by atoms with Gasteiger partial charge in [-0.1, -0.05) is 30.3 Å². The van der Waals surface area contributed by atoms with Gasteiger partial charge in [0.25, 0.3) is 5.91 Å². The lowest BCUT2D eigenvalue weighted by atomic mass is 10.0. The van der Waals surface area contributed by atoms with E-state index in [1.54, 1.807) is 11.9 Å². The largest absolute Gasteiger partial charge is 0.464 e. The van der Waals surface area contributed by atoms with E-state index in [1.807, 2.05) is 73.5 Å². The molecule has 0 saturated heterocycles. The number of likely N-dealkylation sites (N-methyl/N-ethyl adjacent to an activating group) is 2. The highest BCUT2D eigenvalue weighted by Crippen LogP contribution is 2.37. The maximum Gasteiger partial charge on any atom is 0.356 e. The molecule has 1 aromatic heterocycles. The number of carbonyl (C=O) groups excluding carboxylic acids is 3. The van der Waals surface area contributed by atoms with Crippen molar-refractivity contribution in [2.75, 3.05) is 49.8 Å². The molecule has 190 valence electrons. The molecule has 9 nitrogen and oxygen atoms in total. The Morgan fingerprint density at radius 2 is 1.76 bits per heavy atom. The average Bonchev–Trinajstić information content (AvgIpc) is 3.25. The zero-order valence-electron chi connectivity index (χ0n) is 21.2. The number of fused-ring (bicyclic) bond motifs is 1. The molecule has 0 bridgehead atoms. The van der Waals surface area contributed by atoms with Crippen molar-refractivity contribution in [3.8, 4) is 0 Å². The van der Waals surface area contributed by atoms with E-state index >= 15 is 0 Å². The summed E-state index contributed by atoms with van der Waals surface area (Å²) in [6.45, 7) is 2.87. The third-order valence-corrected chi connectivity index (χ3v) is 6.21. The maximum atomic E-state index is 13.1. The van der Waals surface area contributed by atoms with E-state index in [4.69, 9.17) is 4.74 Å². The van der Waals surface area contributed by atoms with Crippen molar-refractivity contribution in [3.63, 3.8) is 0 Å². The van der Waals surface area contributed by atoms with Crippen molar-refractivity contribution in [1.82, 2.24) is 9.88 Å². The van der Waals surface area contributed by atoms with Crippen molar-refractivity contribution in [3.05, 3.63) is 83.7 Å². The van der Waals surface area contributed by atoms with Gasteiger partial charge in [-0.3, -0.25) is 9.59 Å². The average molecular weight is 500 g/mol. The molecule has 0 spiro atoms. The van der Waals surface area contributed by atoms with Gasteiger partial charge in [0.05, 0.1) is 30.6 Å². The van der Waals surface area contributed by atoms with Crippen LogP contribution in [0.5, 0.6) is 0 Å². The highest BCUT2D eigenvalue weighted by molar-refractivity contribution is 6.37. The number of nitrogens with one attached hydrogen (secondary N) is 2. The number of ether oxygens (including phenoxy) is 1. The van der Waals surface area contributed by atoms with Crippen molar-refractivity contribution >= 4 is 46.1 Å². The summed E-state index contributed by atoms with van der Waals surface area (Å²) in [6, 6.07) is 18.7. The molecule has 0 radical (unpaired) electrons. The molecule has 0 atom stereocenters. The van der Waals surface area contributed by atoms with E-state index in [0.717, 1.165) is 16.9 Å². The third kappa shape index (κ3) is 5.45. The fraction of sp³-hybridized carbons (Fsp3) is 0.214. The van der Waals surface area contributed by atoms with Gasteiger partial charge in [0, 0.05) is 43.8 Å². The predicted octanol–water partition coefficient (Wildman–Crippen LogP) is 3.72. The van der Waals surface area contributed by atoms with Crippen molar-refractivity contribution < 1.29 is 19.1 Å². The monoisotopic (exact) mass is 499 g/mol. The van der Waals surface area contributed by atoms with E-state index in [-0.39, 0.29) is 24.1 Å². The summed E-state index contributed by atoms with van der Waals surface area (Å²) < 4.78 is 4.75. The van der Waals surface area contributed by atoms with Gasteiger partial charge >= 0.3 is 5.97 Å². The van der Waals surface area contributed by atoms with Gasteiger partial charge in [0.15, 0.2) is 0 Å². The highest BCUT2D eigenvalue weighted by atomic mass is 16.5. The van der Waals surface area contributed by atoms with Gasteiger partial charge in [0.2, 0.25) is 5.91 Å². The normalized spacial score (nSPS) is 13.4. The number of nitrogens with zero attached hydrogens (tertiary/aromatic N) is 3. The SMILES string of the molecule is CCN(C)C(=O)CN(C)c1ccc(NC(=C2C(=O)Nc3cc(C(=O)OC)ncc32)c2ccccc2)cc1. The summed E-state index contributed by atoms with van der Waals surface area (Å²) in [5.41, 5.74) is 4.67. The van der Waals surface area contributed by atoms with E-state index < -0.39 is 5.97 Å². The predicted molar refractivity (Wildman–Crippen MR) is 144 cm³/mol. The molecule has 1 aliphatic rings. The van der Waals surface area contributed by atoms with Crippen LogP contribution < -0.4 is 15.5 Å². The lowest BCUT2D eigenvalue weighted by Gasteiger charge is -2.23. The minimum absolute atomic E-state index is 0.0400. The van der Waals surface area contributed by atoms with Crippen LogP contribution >= 0.6 is 0 Å². The first-order valence-electron chi connectivity index (χ1n) is 11.8. The zero-order valence-corrected chi connectivity index (χ0v) is 21.2. The minimum Gasteiger partial charge on any atom is -0.464 e. The Kier molecular flexibility index (Phi) is 7.52. The third-order valence-electron chi connectivity index (χ3n) is 6.21. The van der Waals surface area contributed by atoms with Gasteiger partial charge in [-0.15, -0.1) is 0 Å². The number of carbonyl (C=O) groups is 3. The first-order valence-corrected chi connectivity index (χ1v) is 11.8. The number of benzene rings is 2. The van der Waals surface area contributed by atoms with Crippen LogP contribution in [0.15, 0.2) is 66.9 Å². The summed E-state index contributed by atoms with van der Waals surface area (Å²) in [5.74, 6) is -0.845. The lowest BCUT2D eigenvalue weighted by Crippen LogP contribution is -2.36. The summed E-state index contributed by atoms with van der Waals surface area (Å²) >= 11 is 0. The van der Waals surface area contributed by atoms with Crippen LogP contribution in [-0.2, 0) is 14.3 Å². The Hall–Kier alpha value is -4.66. The van der Waals surface area contributed by atoms with Crippen LogP contribution in [0.2, 0.25) is 0 Å². The second-order valence-electron chi connectivity index (χ2n) is 8.61. The molecule has 0 fully saturated rings. The molecule has 9 heteroatoms. The number of aromatic nitrogens is 1. The van der Waals surface area contributed by atoms with E-state index in [9.17, 15) is 14.4 Å². The number of amides is 2. The summed E-state index contributed by atoms with van der Waals surface area (Å²) in [6.07, 6.45) is 1.50. The molecule has 3 aromatic rings. The summed E-state index contributed by atoms with van der Waals surface area (Å²) in [5, 5.41) is 6.23. The zero-order chi connectivity index (χ0) is 26.5. The fourth-order valence-corrected chi connectivity index (χ4v) is 3.95. The number of pyridine rings is 1. The number of hydrogen-bond acceptors (Lipinski definition) is 7. The fourth-order valence-electron chi connectivity index (χ4n) is 3.95. The Morgan fingerprint density at radius 3 is 2.41 bits per heavy atom. The first-order chi connectivity index (χ1) is 17.8. The molecule has 0 saturated carbocycles. The maximum absolute atomic E-state index is 13.1. The number of esters is 1. The lowest BCUT2D eigenvalue weighted by molar-refractivity contribution is -0.128. The van der Waals surface area contributed by atoms with Crippen molar-refractivity contribution in [2.45, 2.75) is 6.92 Å². The molecule has 1 aliphatic heterocycles. The Labute approximate surface area is 215 Å². The van der Waals surface area contributed by atoms with Crippen LogP contribution in [0.25, 0.3) is 11.3 Å². The quantitative estimate of drug-likeness (QED) is 0.360. The second-order valence-corrected chi connectivity index (χ2v) is 8.61. The Morgan fingerprint density at radius 1 is 1.05 bits per heavy atom. The first kappa shape index (κ1) is 25.4. The van der Waals surface area contributed by atoms with Crippen LogP contribution in [0.1, 0.15) is 28.5 Å².